The molecule has 0 unspecified atom stereocenters. The second kappa shape index (κ2) is 64.7. The van der Waals surface area contributed by atoms with Crippen LogP contribution in [0.3, 0.4) is 0 Å². The van der Waals surface area contributed by atoms with Crippen LogP contribution in [0.2, 0.25) is 0 Å². The molecule has 0 aliphatic carbocycles. The fraction of sp³-hybridized carbons (Fsp3) is 0.713. The monoisotopic (exact) mass is 2070 g/mol. The molecule has 145 heavy (non-hydrogen) atoms. The number of aliphatic hydroxyl groups is 5. The van der Waals surface area contributed by atoms with Gasteiger partial charge in [-0.15, -0.1) is 0 Å². The summed E-state index contributed by atoms with van der Waals surface area (Å²) in [5.74, 6) is -30.0. The van der Waals surface area contributed by atoms with Gasteiger partial charge in [0.15, 0.2) is 11.9 Å². The lowest BCUT2D eigenvalue weighted by atomic mass is 9.97. The topological polar surface area (TPSA) is 950 Å². The van der Waals surface area contributed by atoms with Crippen molar-refractivity contribution < 1.29 is 151 Å². The summed E-state index contributed by atoms with van der Waals surface area (Å²) < 4.78 is 0. The van der Waals surface area contributed by atoms with Gasteiger partial charge in [-0.05, 0) is 128 Å². The molecule has 1 rings (SSSR count). The van der Waals surface area contributed by atoms with Gasteiger partial charge in [0, 0.05) is 32.5 Å². The molecule has 38 N–H and O–H groups in total. The first-order valence-electron chi connectivity index (χ1n) is 47.4. The van der Waals surface area contributed by atoms with E-state index in [0.29, 0.717) is 0 Å². The zero-order valence-electron chi connectivity index (χ0n) is 84.1. The summed E-state index contributed by atoms with van der Waals surface area (Å²) in [6.45, 7) is 16.6. The van der Waals surface area contributed by atoms with Gasteiger partial charge in [0.1, 0.15) is 109 Å². The highest BCUT2D eigenvalue weighted by Crippen LogP contribution is 2.21. The van der Waals surface area contributed by atoms with Crippen molar-refractivity contribution >= 4 is 148 Å². The first kappa shape index (κ1) is 129. The lowest BCUT2D eigenvalue weighted by Gasteiger charge is -2.30. The number of nitrogens with two attached hydrogens (primary N) is 4. The molecule has 0 aromatic rings. The quantitative estimate of drug-likeness (QED) is 0.0153. The molecule has 0 aromatic heterocycles. The molecule has 22 atom stereocenters. The lowest BCUT2D eigenvalue weighted by molar-refractivity contribution is -0.144. The Morgan fingerprint density at radius 3 is 1.19 bits per heavy atom. The van der Waals surface area contributed by atoms with Crippen LogP contribution in [0, 0.1) is 40.4 Å². The number of aliphatic hydroxyl groups excluding tert-OH is 5. The number of amides is 20. The molecule has 0 aromatic carbocycles. The number of guanidine groups is 2. The molecular formula is C87H151N27O31. The molecule has 0 bridgehead atoms. The van der Waals surface area contributed by atoms with E-state index in [1.54, 1.807) is 34.6 Å². The third kappa shape index (κ3) is 47.0. The second-order valence-electron chi connectivity index (χ2n) is 36.7. The minimum absolute atomic E-state index is 0.0196. The molecular weight excluding hydrogens is 1920 g/mol. The van der Waals surface area contributed by atoms with Crippen LogP contribution in [0.5, 0.6) is 0 Å². The third-order valence-electron chi connectivity index (χ3n) is 22.6. The first-order chi connectivity index (χ1) is 67.6. The minimum atomic E-state index is -2.08. The molecule has 1 saturated heterocycles. The van der Waals surface area contributed by atoms with Gasteiger partial charge in [-0.2, -0.15) is 0 Å². The van der Waals surface area contributed by atoms with Crippen molar-refractivity contribution in [2.75, 3.05) is 46.0 Å². The van der Waals surface area contributed by atoms with Crippen LogP contribution < -0.4 is 129 Å². The van der Waals surface area contributed by atoms with Crippen LogP contribution in [0.1, 0.15) is 194 Å². The highest BCUT2D eigenvalue weighted by atomic mass is 16.4. The van der Waals surface area contributed by atoms with Gasteiger partial charge in [0.05, 0.1) is 51.0 Å². The Morgan fingerprint density at radius 1 is 0.366 bits per heavy atom. The maximum absolute atomic E-state index is 14.3. The molecule has 20 amide bonds. The van der Waals surface area contributed by atoms with E-state index in [-0.39, 0.29) is 95.7 Å². The number of hydrogen-bond acceptors (Lipinski definition) is 31. The Balaban J connectivity index is 3.43. The average molecular weight is 2070 g/mol. The summed E-state index contributed by atoms with van der Waals surface area (Å²) in [5, 5.41) is 144. The SMILES string of the molecule is CC[C@H](C)[C@H](NC(=O)[C@H](CCC(=O)O)NC(=O)[C@@H](NC(=O)[C@H](C)NC(=O)[C@H](C)NC(=O)[C@@H]1CCCN1C(=O)[C@H](CO)NC(=O)[C@H](CC(C)C)NC(=O)[C@@H](N)CCC(N)=O)C(C)C)C(=O)NCC(=O)N[C@@H](CCCNC(=N)N)C(=O)N[C@H](C(=O)N[C@@H](CO)C(=O)N[C@@H](CCCNC(=N)N)C(=O)N[C@@H](CO)C(=O)N[C@H](C(=O)N[C@H](C(=O)N[C@@H](C)C(=O)N[C@@H](CC(=O)O)C(=O)N[C@@H](CC(C)C)C(=O)O)C(C)C)[C@@H](C)O)[C@@H](C)O. The summed E-state index contributed by atoms with van der Waals surface area (Å²) in [6, 6.07) is -31.2. The summed E-state index contributed by atoms with van der Waals surface area (Å²) in [7, 11) is 0. The number of aliphatic carboxylic acids is 3. The van der Waals surface area contributed by atoms with Crippen LogP contribution in [0.25, 0.3) is 0 Å². The predicted molar refractivity (Wildman–Crippen MR) is 512 cm³/mol. The predicted octanol–water partition coefficient (Wildman–Crippen LogP) is -12.9. The summed E-state index contributed by atoms with van der Waals surface area (Å²) in [6.07, 6.45) is -6.92. The number of rotatable bonds is 67. The third-order valence-corrected chi connectivity index (χ3v) is 22.6. The number of nitrogens with zero attached hydrogens (tertiary/aromatic N) is 1. The van der Waals surface area contributed by atoms with E-state index < -0.39 is 345 Å². The molecule has 0 radical (unpaired) electrons. The smallest absolute Gasteiger partial charge is 0.326 e. The van der Waals surface area contributed by atoms with E-state index in [0.717, 1.165) is 25.7 Å². The molecule has 58 heteroatoms. The fourth-order valence-corrected chi connectivity index (χ4v) is 14.1. The second-order valence-corrected chi connectivity index (χ2v) is 36.7. The van der Waals surface area contributed by atoms with E-state index in [4.69, 9.17) is 33.8 Å². The summed E-state index contributed by atoms with van der Waals surface area (Å²) in [5.41, 5.74) is 21.9. The average Bonchev–Trinajstić information content (AvgIpc) is 1.68. The van der Waals surface area contributed by atoms with Gasteiger partial charge in [0.2, 0.25) is 118 Å². The van der Waals surface area contributed by atoms with Crippen molar-refractivity contribution in [3.8, 4) is 0 Å². The Morgan fingerprint density at radius 2 is 0.724 bits per heavy atom. The van der Waals surface area contributed by atoms with E-state index in [9.17, 15) is 151 Å². The van der Waals surface area contributed by atoms with E-state index in [2.05, 4.69) is 106 Å². The Hall–Kier alpha value is -13.9. The van der Waals surface area contributed by atoms with Crippen LogP contribution >= 0.6 is 0 Å². The highest BCUT2D eigenvalue weighted by molar-refractivity contribution is 6.03. The normalized spacial score (nSPS) is 16.6. The van der Waals surface area contributed by atoms with Crippen molar-refractivity contribution in [3.05, 3.63) is 0 Å². The number of carboxylic acids is 3. The van der Waals surface area contributed by atoms with Crippen molar-refractivity contribution in [2.45, 2.75) is 321 Å². The minimum Gasteiger partial charge on any atom is -0.481 e. The lowest BCUT2D eigenvalue weighted by Crippen LogP contribution is -2.63. The van der Waals surface area contributed by atoms with Crippen LogP contribution in [-0.2, 0) is 110 Å². The van der Waals surface area contributed by atoms with Crippen LogP contribution in [-0.4, -0.2) is 367 Å². The molecule has 1 aliphatic rings. The van der Waals surface area contributed by atoms with Crippen LogP contribution in [0.15, 0.2) is 0 Å². The molecule has 58 nitrogen and oxygen atoms in total. The zero-order chi connectivity index (χ0) is 111. The van der Waals surface area contributed by atoms with Crippen molar-refractivity contribution in [3.63, 3.8) is 0 Å². The number of carboxylic acid groups (broad SMARTS) is 3. The maximum atomic E-state index is 14.3. The molecule has 1 heterocycles. The van der Waals surface area contributed by atoms with Crippen molar-refractivity contribution in [1.29, 1.82) is 10.8 Å². The molecule has 0 spiro atoms. The van der Waals surface area contributed by atoms with Gasteiger partial charge in [0.25, 0.3) is 0 Å². The molecule has 0 saturated carbocycles. The number of hydrogen-bond donors (Lipinski definition) is 34. The standard InChI is InChI=1S/C87H151N27O31/c1-16-41(10)64(111-73(132)50(24-26-60(122)123)102-81(140)63(40(8)9)109-69(128)44(13)97-67(126)42(11)98-78(137)57-22-19-29-114(57)84(143)56(36-117)108-74(133)51(30-37(2)3)104-70(129)47(88)23-25-58(89)120)79(138)96-33-59(121)100-48(20-17-27-94-86(90)91)72(131)112-65(45(14)118)82(141)107-54(34-115)76(135)101-49(21-18-28-95-87(92)93)71(130)106-55(35-116)77(136)113-66(46(15)119)83(142)110-62(39(6)7)80(139)99-43(12)68(127)103-52(32-61(124)125)75(134)105-53(85(144)145)31-38(4)5/h37-57,62-66,115-119H,16-36,88H2,1-15H3,(H2,89,120)(H,96,138)(H,97,126)(H,98,137)(H,99,139)(H,100,121)(H,101,135)(H,102,140)(H,103,127)(H,104,129)(H,105,134)(H,106,130)(H,107,141)(H,108,133)(H,109,128)(H,110,142)(H,111,132)(H,112,131)(H,113,136)(H,122,123)(H,124,125)(H,144,145)(H4,90,91,94)(H4,92,93,95)/t41-,42-,43-,44-,45+,46+,47-,48-,49-,50-,51-,52-,53-,54-,55-,56-,57-,62-,63-,64-,65-,66-/m0/s1. The Bertz CT molecular complexity index is 4490. The van der Waals surface area contributed by atoms with E-state index in [1.165, 1.54) is 48.5 Å². The van der Waals surface area contributed by atoms with E-state index >= 15 is 0 Å². The Labute approximate surface area is 837 Å². The van der Waals surface area contributed by atoms with Gasteiger partial charge < -0.3 is 175 Å². The molecule has 820 valence electrons. The number of carbonyl (C=O) groups excluding carboxylic acids is 20. The zero-order valence-corrected chi connectivity index (χ0v) is 84.1. The fourth-order valence-electron chi connectivity index (χ4n) is 14.1. The number of carbonyl (C=O) groups is 23. The van der Waals surface area contributed by atoms with Crippen molar-refractivity contribution in [1.82, 2.24) is 111 Å². The highest BCUT2D eigenvalue weighted by Gasteiger charge is 2.44. The summed E-state index contributed by atoms with van der Waals surface area (Å²) in [4.78, 5) is 311. The van der Waals surface area contributed by atoms with Gasteiger partial charge in [-0.1, -0.05) is 75.7 Å². The largest absolute Gasteiger partial charge is 0.481 e. The molecule has 1 aliphatic heterocycles. The first-order valence-corrected chi connectivity index (χ1v) is 47.4. The van der Waals surface area contributed by atoms with Crippen LogP contribution in [0.4, 0.5) is 0 Å². The summed E-state index contributed by atoms with van der Waals surface area (Å²) >= 11 is 0. The van der Waals surface area contributed by atoms with Crippen molar-refractivity contribution in [2.24, 2.45) is 52.5 Å². The number of likely N-dealkylation sites (tertiary alicyclic amines) is 1. The number of nitrogens with one attached hydrogen (secondary N) is 22. The number of primary amides is 1. The van der Waals surface area contributed by atoms with Gasteiger partial charge in [-0.25, -0.2) is 4.79 Å². The van der Waals surface area contributed by atoms with E-state index in [1.807, 2.05) is 0 Å². The Kier molecular flexibility index (Phi) is 57.6. The molecule has 1 fully saturated rings. The van der Waals surface area contributed by atoms with Gasteiger partial charge >= 0.3 is 17.9 Å². The maximum Gasteiger partial charge on any atom is 0.326 e. The van der Waals surface area contributed by atoms with Gasteiger partial charge in [-0.3, -0.25) is 116 Å².